The molecule has 0 aromatic heterocycles. The number of hydrogen-bond acceptors (Lipinski definition) is 4. The zero-order chi connectivity index (χ0) is 21.8. The maximum atomic E-state index is 13.7. The molecule has 0 saturated carbocycles. The molecule has 0 radical (unpaired) electrons. The predicted octanol–water partition coefficient (Wildman–Crippen LogP) is 5.85. The summed E-state index contributed by atoms with van der Waals surface area (Å²) in [7, 11) is 0. The molecular weight excluding hydrogens is 409 g/mol. The first-order valence-electron chi connectivity index (χ1n) is 11.6. The Kier molecular flexibility index (Phi) is 7.25. The number of ether oxygens (including phenoxy) is 1. The third-order valence-corrected chi connectivity index (χ3v) is 8.53. The number of hydrogen-bond donors (Lipinski definition) is 1. The van der Waals surface area contributed by atoms with Crippen molar-refractivity contribution in [2.45, 2.75) is 56.4 Å². The summed E-state index contributed by atoms with van der Waals surface area (Å²) >= 11 is 1.87. The van der Waals surface area contributed by atoms with Crippen LogP contribution in [0.25, 0.3) is 0 Å². The first kappa shape index (κ1) is 22.6. The number of nitrogens with zero attached hydrogens (tertiary/aromatic N) is 1. The van der Waals surface area contributed by atoms with Crippen LogP contribution >= 0.6 is 11.8 Å². The summed E-state index contributed by atoms with van der Waals surface area (Å²) in [5, 5.41) is 11.9. The van der Waals surface area contributed by atoms with Gasteiger partial charge in [-0.25, -0.2) is 4.39 Å². The summed E-state index contributed by atoms with van der Waals surface area (Å²) in [6.45, 7) is 7.66. The Balaban J connectivity index is 1.80. The van der Waals surface area contributed by atoms with Crippen molar-refractivity contribution in [1.29, 1.82) is 0 Å². The van der Waals surface area contributed by atoms with Crippen LogP contribution in [0.5, 0.6) is 0 Å². The summed E-state index contributed by atoms with van der Waals surface area (Å²) in [4.78, 5) is 3.59. The summed E-state index contributed by atoms with van der Waals surface area (Å²) in [5.41, 5.74) is 3.18. The van der Waals surface area contributed by atoms with Gasteiger partial charge in [-0.15, -0.1) is 11.8 Å². The van der Waals surface area contributed by atoms with Crippen LogP contribution in [0.15, 0.2) is 47.4 Å². The molecular formula is C26H34FNO2S. The van der Waals surface area contributed by atoms with Gasteiger partial charge in [-0.05, 0) is 54.3 Å². The van der Waals surface area contributed by atoms with E-state index >= 15 is 0 Å². The molecule has 1 N–H and O–H groups in total. The van der Waals surface area contributed by atoms with Gasteiger partial charge in [0.25, 0.3) is 0 Å². The molecule has 0 spiro atoms. The van der Waals surface area contributed by atoms with Gasteiger partial charge in [0.05, 0.1) is 19.3 Å². The Morgan fingerprint density at radius 2 is 1.87 bits per heavy atom. The van der Waals surface area contributed by atoms with Gasteiger partial charge < -0.3 is 14.7 Å². The average molecular weight is 444 g/mol. The van der Waals surface area contributed by atoms with Crippen molar-refractivity contribution in [1.82, 2.24) is 0 Å². The number of aliphatic hydroxyl groups excluding tert-OH is 1. The molecule has 2 heterocycles. The molecule has 2 aliphatic heterocycles. The highest BCUT2D eigenvalue weighted by Crippen LogP contribution is 2.51. The van der Waals surface area contributed by atoms with Gasteiger partial charge in [-0.1, -0.05) is 38.8 Å². The molecule has 0 unspecified atom stereocenters. The van der Waals surface area contributed by atoms with Gasteiger partial charge in [0.1, 0.15) is 5.82 Å². The number of thioether (sulfide) groups is 1. The van der Waals surface area contributed by atoms with E-state index in [1.807, 2.05) is 23.9 Å². The molecule has 1 fully saturated rings. The van der Waals surface area contributed by atoms with Gasteiger partial charge in [0, 0.05) is 40.8 Å². The molecule has 5 heteroatoms. The lowest BCUT2D eigenvalue weighted by molar-refractivity contribution is 0.0182. The number of fused-ring (bicyclic) bond motifs is 1. The van der Waals surface area contributed by atoms with E-state index in [1.165, 1.54) is 28.3 Å². The zero-order valence-electron chi connectivity index (χ0n) is 18.6. The molecule has 0 bridgehead atoms. The summed E-state index contributed by atoms with van der Waals surface area (Å²) in [6, 6.07) is 13.4. The van der Waals surface area contributed by atoms with Crippen LogP contribution in [0.2, 0.25) is 0 Å². The molecule has 0 aliphatic carbocycles. The van der Waals surface area contributed by atoms with Crippen LogP contribution in [-0.4, -0.2) is 43.3 Å². The lowest BCUT2D eigenvalue weighted by Crippen LogP contribution is -2.40. The monoisotopic (exact) mass is 443 g/mol. The van der Waals surface area contributed by atoms with Crippen molar-refractivity contribution >= 4 is 17.4 Å². The van der Waals surface area contributed by atoms with Gasteiger partial charge in [0.2, 0.25) is 0 Å². The fourth-order valence-electron chi connectivity index (χ4n) is 5.03. The number of rotatable bonds is 6. The van der Waals surface area contributed by atoms with Crippen LogP contribution in [0.1, 0.15) is 56.6 Å². The molecule has 168 valence electrons. The maximum Gasteiger partial charge on any atom is 0.123 e. The highest BCUT2D eigenvalue weighted by Gasteiger charge is 2.44. The SMILES string of the molecule is CCCC[C@]1(CC)CSc2ccc(N3CCOCC3)cc2[C@@H](c2ccc(F)cc2)[C@H]1O. The van der Waals surface area contributed by atoms with Gasteiger partial charge in [0.15, 0.2) is 0 Å². The molecule has 1 saturated heterocycles. The number of morpholine rings is 1. The molecule has 2 aromatic rings. The number of anilines is 1. The van der Waals surface area contributed by atoms with Crippen molar-refractivity contribution in [3.8, 4) is 0 Å². The van der Waals surface area contributed by atoms with Crippen molar-refractivity contribution in [2.24, 2.45) is 5.41 Å². The lowest BCUT2D eigenvalue weighted by atomic mass is 9.69. The smallest absolute Gasteiger partial charge is 0.123 e. The Labute approximate surface area is 190 Å². The van der Waals surface area contributed by atoms with Crippen LogP contribution in [0.4, 0.5) is 10.1 Å². The fourth-order valence-corrected chi connectivity index (χ4v) is 6.51. The quantitative estimate of drug-likeness (QED) is 0.607. The van der Waals surface area contributed by atoms with Gasteiger partial charge >= 0.3 is 0 Å². The fraction of sp³-hybridized carbons (Fsp3) is 0.538. The Morgan fingerprint density at radius 3 is 2.55 bits per heavy atom. The first-order chi connectivity index (χ1) is 15.1. The topological polar surface area (TPSA) is 32.7 Å². The minimum absolute atomic E-state index is 0.155. The molecule has 3 atom stereocenters. The van der Waals surface area contributed by atoms with Gasteiger partial charge in [-0.2, -0.15) is 0 Å². The molecule has 2 aliphatic rings. The van der Waals surface area contributed by atoms with E-state index in [4.69, 9.17) is 4.74 Å². The summed E-state index contributed by atoms with van der Waals surface area (Å²) in [6.07, 6.45) is 3.66. The predicted molar refractivity (Wildman–Crippen MR) is 127 cm³/mol. The van der Waals surface area contributed by atoms with E-state index in [2.05, 4.69) is 36.9 Å². The number of benzene rings is 2. The van der Waals surface area contributed by atoms with E-state index in [0.717, 1.165) is 63.3 Å². The highest BCUT2D eigenvalue weighted by molar-refractivity contribution is 7.99. The molecule has 3 nitrogen and oxygen atoms in total. The third-order valence-electron chi connectivity index (χ3n) is 7.12. The maximum absolute atomic E-state index is 13.7. The van der Waals surface area contributed by atoms with Crippen molar-refractivity contribution in [3.05, 3.63) is 59.4 Å². The van der Waals surface area contributed by atoms with Crippen molar-refractivity contribution in [3.63, 3.8) is 0 Å². The normalized spacial score (nSPS) is 26.4. The average Bonchev–Trinajstić information content (AvgIpc) is 2.93. The summed E-state index contributed by atoms with van der Waals surface area (Å²) in [5.74, 6) is 0.506. The van der Waals surface area contributed by atoms with E-state index in [9.17, 15) is 9.50 Å². The van der Waals surface area contributed by atoms with Crippen LogP contribution < -0.4 is 4.90 Å². The zero-order valence-corrected chi connectivity index (χ0v) is 19.5. The van der Waals surface area contributed by atoms with Crippen LogP contribution in [0.3, 0.4) is 0 Å². The second-order valence-electron chi connectivity index (χ2n) is 8.90. The second kappa shape index (κ2) is 9.93. The lowest BCUT2D eigenvalue weighted by Gasteiger charge is -2.40. The van der Waals surface area contributed by atoms with E-state index in [0.29, 0.717) is 0 Å². The van der Waals surface area contributed by atoms with Crippen LogP contribution in [0, 0.1) is 11.2 Å². The standard InChI is InChI=1S/C26H34FNO2S/c1-3-5-12-26(4-2)18-31-23-11-10-21(28-13-15-30-16-14-28)17-22(23)24(25(26)29)19-6-8-20(27)9-7-19/h6-11,17,24-25,29H,3-5,12-16,18H2,1-2H3/t24-,25-,26-/m1/s1. The number of aliphatic hydroxyl groups is 1. The molecule has 0 amide bonds. The molecule has 4 rings (SSSR count). The molecule has 2 aromatic carbocycles. The third kappa shape index (κ3) is 4.64. The minimum atomic E-state index is -0.511. The Bertz CT molecular complexity index is 868. The number of unbranched alkanes of at least 4 members (excludes halogenated alkanes) is 1. The first-order valence-corrected chi connectivity index (χ1v) is 12.6. The largest absolute Gasteiger partial charge is 0.392 e. The van der Waals surface area contributed by atoms with E-state index < -0.39 is 6.10 Å². The second-order valence-corrected chi connectivity index (χ2v) is 9.92. The Morgan fingerprint density at radius 1 is 1.13 bits per heavy atom. The van der Waals surface area contributed by atoms with E-state index in [1.54, 1.807) is 0 Å². The minimum Gasteiger partial charge on any atom is -0.392 e. The van der Waals surface area contributed by atoms with Crippen molar-refractivity contribution < 1.29 is 14.2 Å². The summed E-state index contributed by atoms with van der Waals surface area (Å²) < 4.78 is 19.3. The number of halogens is 1. The van der Waals surface area contributed by atoms with Crippen molar-refractivity contribution in [2.75, 3.05) is 37.0 Å². The Hall–Kier alpha value is -1.56. The highest BCUT2D eigenvalue weighted by atomic mass is 32.2. The van der Waals surface area contributed by atoms with Gasteiger partial charge in [-0.3, -0.25) is 0 Å². The molecule has 31 heavy (non-hydrogen) atoms. The van der Waals surface area contributed by atoms with E-state index in [-0.39, 0.29) is 17.2 Å². The van der Waals surface area contributed by atoms with Crippen LogP contribution in [-0.2, 0) is 4.74 Å².